The number of halogens is 3. The first-order chi connectivity index (χ1) is 12.3. The number of aromatic nitrogens is 1. The third-order valence-corrected chi connectivity index (χ3v) is 3.91. The Morgan fingerprint density at radius 3 is 2.42 bits per heavy atom. The number of carbonyl (C=O) groups is 2. The molecule has 1 amide bonds. The predicted molar refractivity (Wildman–Crippen MR) is 85.7 cm³/mol. The van der Waals surface area contributed by atoms with Crippen LogP contribution in [0.4, 0.5) is 13.2 Å². The molecule has 0 bridgehead atoms. The van der Waals surface area contributed by atoms with Gasteiger partial charge < -0.3 is 14.8 Å². The molecular formula is C17H21F3N2O4. The molecule has 1 saturated carbocycles. The lowest BCUT2D eigenvalue weighted by Gasteiger charge is -2.16. The third-order valence-electron chi connectivity index (χ3n) is 3.91. The summed E-state index contributed by atoms with van der Waals surface area (Å²) in [6, 6.07) is 2.47. The Morgan fingerprint density at radius 2 is 1.85 bits per heavy atom. The number of nitrogens with one attached hydrogen (secondary N) is 1. The van der Waals surface area contributed by atoms with Crippen molar-refractivity contribution in [3.8, 4) is 5.88 Å². The summed E-state index contributed by atoms with van der Waals surface area (Å²) < 4.78 is 45.5. The van der Waals surface area contributed by atoms with Crippen LogP contribution in [0.1, 0.15) is 48.9 Å². The molecule has 0 atom stereocenters. The first-order valence-corrected chi connectivity index (χ1v) is 8.45. The number of hydrogen-bond donors (Lipinski definition) is 1. The summed E-state index contributed by atoms with van der Waals surface area (Å²) in [5, 5.41) is 2.85. The Hall–Kier alpha value is -2.32. The van der Waals surface area contributed by atoms with Crippen LogP contribution in [0, 0.1) is 0 Å². The molecule has 0 aromatic carbocycles. The van der Waals surface area contributed by atoms with E-state index in [1.807, 2.05) is 0 Å². The fourth-order valence-electron chi connectivity index (χ4n) is 2.65. The maximum absolute atomic E-state index is 12.1. The van der Waals surface area contributed by atoms with E-state index in [1.54, 1.807) is 0 Å². The average Bonchev–Trinajstić information content (AvgIpc) is 2.86. The Morgan fingerprint density at radius 1 is 1.15 bits per heavy atom. The zero-order chi connectivity index (χ0) is 19.0. The number of hydrogen-bond acceptors (Lipinski definition) is 5. The highest BCUT2D eigenvalue weighted by molar-refractivity contribution is 5.91. The molecule has 2 rings (SSSR count). The summed E-state index contributed by atoms with van der Waals surface area (Å²) in [6.07, 6.45) is 2.87. The molecule has 0 radical (unpaired) electrons. The zero-order valence-electron chi connectivity index (χ0n) is 14.2. The van der Waals surface area contributed by atoms with Gasteiger partial charge in [0.1, 0.15) is 0 Å². The van der Waals surface area contributed by atoms with Crippen LogP contribution in [0.5, 0.6) is 5.88 Å². The molecule has 26 heavy (non-hydrogen) atoms. The lowest BCUT2D eigenvalue weighted by atomic mass is 10.1. The lowest BCUT2D eigenvalue weighted by molar-refractivity contribution is -0.154. The number of alkyl halides is 3. The minimum Gasteiger partial charge on any atom is -0.468 e. The standard InChI is InChI=1S/C17H21F3N2O4/c18-17(19,20)11-26-15-8-7-12(9-21-15)16(24)25-10-14(23)22-13-5-3-1-2-4-6-13/h7-9,13H,1-6,10-11H2,(H,22,23). The summed E-state index contributed by atoms with van der Waals surface area (Å²) in [4.78, 5) is 27.3. The highest BCUT2D eigenvalue weighted by Crippen LogP contribution is 2.18. The molecule has 144 valence electrons. The predicted octanol–water partition coefficient (Wildman–Crippen LogP) is 3.02. The minimum absolute atomic E-state index is 0.0200. The van der Waals surface area contributed by atoms with Crippen molar-refractivity contribution < 1.29 is 32.2 Å². The molecule has 9 heteroatoms. The van der Waals surface area contributed by atoms with Crippen molar-refractivity contribution in [1.29, 1.82) is 0 Å². The van der Waals surface area contributed by atoms with Crippen LogP contribution in [0.3, 0.4) is 0 Å². The van der Waals surface area contributed by atoms with Crippen LogP contribution in [0.15, 0.2) is 18.3 Å². The van der Waals surface area contributed by atoms with Crippen molar-refractivity contribution in [2.75, 3.05) is 13.2 Å². The number of carbonyl (C=O) groups excluding carboxylic acids is 2. The van der Waals surface area contributed by atoms with Crippen LogP contribution < -0.4 is 10.1 Å². The van der Waals surface area contributed by atoms with Crippen molar-refractivity contribution in [3.05, 3.63) is 23.9 Å². The van der Waals surface area contributed by atoms with Crippen LogP contribution in [0.25, 0.3) is 0 Å². The first-order valence-electron chi connectivity index (χ1n) is 8.45. The highest BCUT2D eigenvalue weighted by atomic mass is 19.4. The molecule has 1 aliphatic rings. The van der Waals surface area contributed by atoms with Crippen LogP contribution in [-0.2, 0) is 9.53 Å². The van der Waals surface area contributed by atoms with E-state index in [0.29, 0.717) is 0 Å². The number of pyridine rings is 1. The molecule has 1 heterocycles. The lowest BCUT2D eigenvalue weighted by Crippen LogP contribution is -2.37. The number of amides is 1. The van der Waals surface area contributed by atoms with Gasteiger partial charge in [0, 0.05) is 18.3 Å². The number of nitrogens with zero attached hydrogens (tertiary/aromatic N) is 1. The van der Waals surface area contributed by atoms with E-state index in [-0.39, 0.29) is 23.4 Å². The second-order valence-corrected chi connectivity index (χ2v) is 6.12. The van der Waals surface area contributed by atoms with Gasteiger partial charge in [-0.05, 0) is 18.9 Å². The molecule has 0 saturated heterocycles. The number of rotatable bonds is 6. The van der Waals surface area contributed by atoms with Gasteiger partial charge in [0.25, 0.3) is 5.91 Å². The fraction of sp³-hybridized carbons (Fsp3) is 0.588. The first kappa shape index (κ1) is 20.0. The molecule has 6 nitrogen and oxygen atoms in total. The smallest absolute Gasteiger partial charge is 0.422 e. The summed E-state index contributed by atoms with van der Waals surface area (Å²) in [6.45, 7) is -1.88. The van der Waals surface area contributed by atoms with Crippen molar-refractivity contribution in [2.24, 2.45) is 0 Å². The Kier molecular flexibility index (Phi) is 7.23. The topological polar surface area (TPSA) is 77.5 Å². The summed E-state index contributed by atoms with van der Waals surface area (Å²) >= 11 is 0. The second-order valence-electron chi connectivity index (χ2n) is 6.12. The van der Waals surface area contributed by atoms with E-state index < -0.39 is 25.4 Å². The number of ether oxygens (including phenoxy) is 2. The maximum atomic E-state index is 12.1. The number of esters is 1. The van der Waals surface area contributed by atoms with Gasteiger partial charge in [-0.15, -0.1) is 0 Å². The van der Waals surface area contributed by atoms with Crippen LogP contribution in [0.2, 0.25) is 0 Å². The monoisotopic (exact) mass is 374 g/mol. The van der Waals surface area contributed by atoms with Gasteiger partial charge in [-0.2, -0.15) is 13.2 Å². The molecule has 1 aliphatic carbocycles. The molecule has 0 aliphatic heterocycles. The quantitative estimate of drug-likeness (QED) is 0.612. The van der Waals surface area contributed by atoms with Gasteiger partial charge in [0.15, 0.2) is 13.2 Å². The van der Waals surface area contributed by atoms with E-state index in [4.69, 9.17) is 4.74 Å². The van der Waals surface area contributed by atoms with E-state index in [1.165, 1.54) is 6.07 Å². The van der Waals surface area contributed by atoms with Crippen molar-refractivity contribution >= 4 is 11.9 Å². The van der Waals surface area contributed by atoms with E-state index >= 15 is 0 Å². The maximum Gasteiger partial charge on any atom is 0.422 e. The van der Waals surface area contributed by atoms with Gasteiger partial charge in [-0.25, -0.2) is 9.78 Å². The highest BCUT2D eigenvalue weighted by Gasteiger charge is 2.28. The van der Waals surface area contributed by atoms with Gasteiger partial charge in [0.05, 0.1) is 5.56 Å². The molecule has 0 spiro atoms. The molecule has 1 aromatic heterocycles. The van der Waals surface area contributed by atoms with Crippen molar-refractivity contribution in [3.63, 3.8) is 0 Å². The molecule has 1 aromatic rings. The SMILES string of the molecule is O=C(COC(=O)c1ccc(OCC(F)(F)F)nc1)NC1CCCCCC1. The Balaban J connectivity index is 1.75. The minimum atomic E-state index is -4.47. The zero-order valence-corrected chi connectivity index (χ0v) is 14.2. The molecular weight excluding hydrogens is 353 g/mol. The van der Waals surface area contributed by atoms with E-state index in [9.17, 15) is 22.8 Å². The summed E-state index contributed by atoms with van der Waals surface area (Å²) in [7, 11) is 0. The van der Waals surface area contributed by atoms with Crippen LogP contribution in [-0.4, -0.2) is 42.3 Å². The summed E-state index contributed by atoms with van der Waals surface area (Å²) in [5.74, 6) is -1.41. The molecule has 0 unspecified atom stereocenters. The molecule has 1 fully saturated rings. The van der Waals surface area contributed by atoms with Crippen molar-refractivity contribution in [1.82, 2.24) is 10.3 Å². The van der Waals surface area contributed by atoms with Gasteiger partial charge in [-0.1, -0.05) is 25.7 Å². The Bertz CT molecular complexity index is 597. The average molecular weight is 374 g/mol. The van der Waals surface area contributed by atoms with Crippen molar-refractivity contribution in [2.45, 2.75) is 50.7 Å². The summed E-state index contributed by atoms with van der Waals surface area (Å²) in [5.41, 5.74) is 0.0200. The second kappa shape index (κ2) is 9.40. The van der Waals surface area contributed by atoms with Gasteiger partial charge >= 0.3 is 12.1 Å². The van der Waals surface area contributed by atoms with Gasteiger partial charge in [0.2, 0.25) is 5.88 Å². The fourth-order valence-corrected chi connectivity index (χ4v) is 2.65. The normalized spacial score (nSPS) is 15.8. The third kappa shape index (κ3) is 7.28. The van der Waals surface area contributed by atoms with Crippen LogP contribution >= 0.6 is 0 Å². The van der Waals surface area contributed by atoms with E-state index in [2.05, 4.69) is 15.0 Å². The van der Waals surface area contributed by atoms with Gasteiger partial charge in [-0.3, -0.25) is 4.79 Å². The van der Waals surface area contributed by atoms with E-state index in [0.717, 1.165) is 50.8 Å². The largest absolute Gasteiger partial charge is 0.468 e. The Labute approximate surface area is 149 Å². The molecule has 1 N–H and O–H groups in total.